The zero-order valence-electron chi connectivity index (χ0n) is 6.76. The number of aromatic nitrogens is 1. The SMILES string of the molecule is CCc1nc(Cl)cc(N)c1C=N. The minimum absolute atomic E-state index is 0.384. The third-order valence-corrected chi connectivity index (χ3v) is 1.81. The number of hydrogen-bond acceptors (Lipinski definition) is 3. The normalized spacial score (nSPS) is 9.83. The summed E-state index contributed by atoms with van der Waals surface area (Å²) in [6.45, 7) is 1.95. The van der Waals surface area contributed by atoms with Gasteiger partial charge in [0, 0.05) is 17.5 Å². The van der Waals surface area contributed by atoms with Crippen molar-refractivity contribution in [2.75, 3.05) is 5.73 Å². The Bertz CT molecular complexity index is 309. The Labute approximate surface area is 76.1 Å². The molecule has 3 nitrogen and oxygen atoms in total. The van der Waals surface area contributed by atoms with E-state index in [1.165, 1.54) is 6.21 Å². The van der Waals surface area contributed by atoms with Crippen LogP contribution in [-0.2, 0) is 6.42 Å². The van der Waals surface area contributed by atoms with Gasteiger partial charge in [-0.1, -0.05) is 18.5 Å². The molecular formula is C8H10ClN3. The highest BCUT2D eigenvalue weighted by Gasteiger charge is 2.05. The standard InChI is InChI=1S/C8H10ClN3/c1-2-7-5(4-10)6(11)3-8(9)12-7/h3-4,10H,2H2,1H3,(H2,11,12). The molecule has 1 aromatic heterocycles. The van der Waals surface area contributed by atoms with Crippen LogP contribution < -0.4 is 5.73 Å². The summed E-state index contributed by atoms with van der Waals surface area (Å²) < 4.78 is 0. The molecule has 4 heteroatoms. The summed E-state index contributed by atoms with van der Waals surface area (Å²) in [6, 6.07) is 1.56. The summed E-state index contributed by atoms with van der Waals surface area (Å²) in [6.07, 6.45) is 1.94. The van der Waals surface area contributed by atoms with Crippen molar-refractivity contribution >= 4 is 23.5 Å². The molecule has 0 radical (unpaired) electrons. The number of pyridine rings is 1. The van der Waals surface area contributed by atoms with Crippen LogP contribution in [0.2, 0.25) is 5.15 Å². The monoisotopic (exact) mass is 183 g/mol. The second kappa shape index (κ2) is 3.54. The molecule has 0 saturated carbocycles. The third-order valence-electron chi connectivity index (χ3n) is 1.62. The number of halogens is 1. The Morgan fingerprint density at radius 3 is 2.92 bits per heavy atom. The van der Waals surface area contributed by atoms with Crippen LogP contribution in [0.3, 0.4) is 0 Å². The van der Waals surface area contributed by atoms with Crippen LogP contribution in [0.15, 0.2) is 6.07 Å². The minimum atomic E-state index is 0.384. The van der Waals surface area contributed by atoms with E-state index < -0.39 is 0 Å². The van der Waals surface area contributed by atoms with Crippen LogP contribution >= 0.6 is 11.6 Å². The topological polar surface area (TPSA) is 62.8 Å². The molecule has 1 heterocycles. The lowest BCUT2D eigenvalue weighted by atomic mass is 10.1. The molecule has 0 spiro atoms. The highest BCUT2D eigenvalue weighted by Crippen LogP contribution is 2.18. The number of anilines is 1. The first-order valence-electron chi connectivity index (χ1n) is 3.64. The summed E-state index contributed by atoms with van der Waals surface area (Å²) in [7, 11) is 0. The van der Waals surface area contributed by atoms with Gasteiger partial charge in [-0.2, -0.15) is 0 Å². The van der Waals surface area contributed by atoms with Crippen molar-refractivity contribution in [1.29, 1.82) is 5.41 Å². The molecule has 1 aromatic rings. The fourth-order valence-electron chi connectivity index (χ4n) is 1.03. The van der Waals surface area contributed by atoms with Crippen molar-refractivity contribution in [3.63, 3.8) is 0 Å². The maximum absolute atomic E-state index is 7.11. The third kappa shape index (κ3) is 1.56. The van der Waals surface area contributed by atoms with Crippen LogP contribution in [0.4, 0.5) is 5.69 Å². The molecule has 0 aliphatic rings. The van der Waals surface area contributed by atoms with E-state index in [-0.39, 0.29) is 0 Å². The maximum atomic E-state index is 7.11. The molecule has 0 unspecified atom stereocenters. The van der Waals surface area contributed by atoms with Gasteiger partial charge in [-0.05, 0) is 12.5 Å². The van der Waals surface area contributed by atoms with Crippen LogP contribution in [0.5, 0.6) is 0 Å². The Morgan fingerprint density at radius 2 is 2.42 bits per heavy atom. The number of hydrogen-bond donors (Lipinski definition) is 2. The highest BCUT2D eigenvalue weighted by molar-refractivity contribution is 6.29. The molecule has 12 heavy (non-hydrogen) atoms. The Hall–Kier alpha value is -1.09. The second-order valence-corrected chi connectivity index (χ2v) is 2.78. The highest BCUT2D eigenvalue weighted by atomic mass is 35.5. The summed E-state index contributed by atoms with van der Waals surface area (Å²) in [5.41, 5.74) is 7.59. The molecule has 0 aliphatic heterocycles. The van der Waals surface area contributed by atoms with Gasteiger partial charge in [-0.15, -0.1) is 0 Å². The lowest BCUT2D eigenvalue weighted by Gasteiger charge is -2.05. The van der Waals surface area contributed by atoms with Gasteiger partial charge in [0.1, 0.15) is 5.15 Å². The largest absolute Gasteiger partial charge is 0.398 e. The van der Waals surface area contributed by atoms with Gasteiger partial charge in [-0.3, -0.25) is 0 Å². The van der Waals surface area contributed by atoms with Gasteiger partial charge in [-0.25, -0.2) is 4.98 Å². The predicted octanol–water partition coefficient (Wildman–Crippen LogP) is 1.88. The summed E-state index contributed by atoms with van der Waals surface area (Å²) >= 11 is 5.69. The van der Waals surface area contributed by atoms with E-state index in [0.717, 1.165) is 12.1 Å². The van der Waals surface area contributed by atoms with Gasteiger partial charge in [0.05, 0.1) is 5.69 Å². The first kappa shape index (κ1) is 9.00. The van der Waals surface area contributed by atoms with Gasteiger partial charge in [0.2, 0.25) is 0 Å². The zero-order chi connectivity index (χ0) is 9.14. The van der Waals surface area contributed by atoms with E-state index in [1.54, 1.807) is 6.07 Å². The quantitative estimate of drug-likeness (QED) is 0.543. The number of rotatable bonds is 2. The number of nitrogens with zero attached hydrogens (tertiary/aromatic N) is 1. The fourth-order valence-corrected chi connectivity index (χ4v) is 1.25. The van der Waals surface area contributed by atoms with Crippen LogP contribution in [0, 0.1) is 5.41 Å². The average molecular weight is 184 g/mol. The second-order valence-electron chi connectivity index (χ2n) is 2.39. The van der Waals surface area contributed by atoms with Crippen molar-refractivity contribution in [1.82, 2.24) is 4.98 Å². The van der Waals surface area contributed by atoms with Crippen LogP contribution in [-0.4, -0.2) is 11.2 Å². The number of nitrogens with two attached hydrogens (primary N) is 1. The fraction of sp³-hybridized carbons (Fsp3) is 0.250. The Morgan fingerprint density at radius 1 is 1.75 bits per heavy atom. The maximum Gasteiger partial charge on any atom is 0.131 e. The molecule has 0 bridgehead atoms. The van der Waals surface area contributed by atoms with Gasteiger partial charge < -0.3 is 11.1 Å². The van der Waals surface area contributed by atoms with E-state index in [4.69, 9.17) is 22.7 Å². The molecule has 0 aromatic carbocycles. The molecule has 0 amide bonds. The van der Waals surface area contributed by atoms with Crippen molar-refractivity contribution < 1.29 is 0 Å². The summed E-state index contributed by atoms with van der Waals surface area (Å²) in [5.74, 6) is 0. The molecule has 0 atom stereocenters. The van der Waals surface area contributed by atoms with Crippen molar-refractivity contribution in [2.45, 2.75) is 13.3 Å². The summed E-state index contributed by atoms with van der Waals surface area (Å²) in [5, 5.41) is 7.50. The van der Waals surface area contributed by atoms with Crippen LogP contribution in [0.25, 0.3) is 0 Å². The number of nitrogen functional groups attached to an aromatic ring is 1. The Kier molecular flexibility index (Phi) is 2.65. The van der Waals surface area contributed by atoms with E-state index in [9.17, 15) is 0 Å². The molecular weight excluding hydrogens is 174 g/mol. The average Bonchev–Trinajstić information content (AvgIpc) is 2.03. The van der Waals surface area contributed by atoms with Gasteiger partial charge in [0.15, 0.2) is 0 Å². The molecule has 1 rings (SSSR count). The Balaban J connectivity index is 3.33. The first-order valence-corrected chi connectivity index (χ1v) is 4.02. The summed E-state index contributed by atoms with van der Waals surface area (Å²) in [4.78, 5) is 4.06. The van der Waals surface area contributed by atoms with E-state index in [0.29, 0.717) is 16.4 Å². The minimum Gasteiger partial charge on any atom is -0.398 e. The van der Waals surface area contributed by atoms with E-state index >= 15 is 0 Å². The first-order chi connectivity index (χ1) is 5.69. The molecule has 0 fully saturated rings. The number of aryl methyl sites for hydroxylation is 1. The predicted molar refractivity (Wildman–Crippen MR) is 50.9 cm³/mol. The molecule has 3 N–H and O–H groups in total. The molecule has 64 valence electrons. The van der Waals surface area contributed by atoms with Crippen molar-refractivity contribution in [2.24, 2.45) is 0 Å². The lowest BCUT2D eigenvalue weighted by molar-refractivity contribution is 1.03. The lowest BCUT2D eigenvalue weighted by Crippen LogP contribution is -2.01. The smallest absolute Gasteiger partial charge is 0.131 e. The zero-order valence-corrected chi connectivity index (χ0v) is 7.52. The molecule has 0 saturated heterocycles. The number of nitrogens with one attached hydrogen (secondary N) is 1. The van der Waals surface area contributed by atoms with Crippen molar-refractivity contribution in [3.05, 3.63) is 22.5 Å². The van der Waals surface area contributed by atoms with Gasteiger partial charge in [0.25, 0.3) is 0 Å². The van der Waals surface area contributed by atoms with E-state index in [2.05, 4.69) is 4.98 Å². The van der Waals surface area contributed by atoms with Crippen LogP contribution in [0.1, 0.15) is 18.2 Å². The molecule has 0 aliphatic carbocycles. The van der Waals surface area contributed by atoms with E-state index in [1.807, 2.05) is 6.92 Å². The van der Waals surface area contributed by atoms with Gasteiger partial charge >= 0.3 is 0 Å². The van der Waals surface area contributed by atoms with Crippen molar-refractivity contribution in [3.8, 4) is 0 Å².